The molecule has 1 saturated carbocycles. The van der Waals surface area contributed by atoms with Gasteiger partial charge in [0.25, 0.3) is 10.2 Å². The van der Waals surface area contributed by atoms with Crippen LogP contribution in [0.5, 0.6) is 0 Å². The number of piperazine rings is 1. The zero-order chi connectivity index (χ0) is 13.9. The van der Waals surface area contributed by atoms with E-state index in [9.17, 15) is 13.2 Å². The van der Waals surface area contributed by atoms with Crippen LogP contribution in [0.25, 0.3) is 0 Å². The van der Waals surface area contributed by atoms with E-state index in [0.717, 1.165) is 0 Å². The largest absolute Gasteiger partial charge is 0.369 e. The minimum absolute atomic E-state index is 0.0736. The number of hydrogen-bond acceptors (Lipinski definition) is 4. The third-order valence-electron chi connectivity index (χ3n) is 3.86. The predicted octanol–water partition coefficient (Wildman–Crippen LogP) is -1.23. The van der Waals surface area contributed by atoms with Crippen molar-refractivity contribution < 1.29 is 13.2 Å². The van der Waals surface area contributed by atoms with Crippen LogP contribution in [-0.4, -0.2) is 50.9 Å². The highest BCUT2D eigenvalue weighted by Gasteiger charge is 2.30. The van der Waals surface area contributed by atoms with Gasteiger partial charge in [0, 0.05) is 38.1 Å². The molecule has 4 N–H and O–H groups in total. The molecule has 19 heavy (non-hydrogen) atoms. The van der Waals surface area contributed by atoms with Gasteiger partial charge >= 0.3 is 0 Å². The molecular formula is C11H22N4O3S. The molecule has 0 aromatic rings. The molecule has 1 amide bonds. The average molecular weight is 290 g/mol. The Labute approximate surface area is 114 Å². The van der Waals surface area contributed by atoms with E-state index in [1.165, 1.54) is 4.31 Å². The number of rotatable bonds is 4. The van der Waals surface area contributed by atoms with Gasteiger partial charge in [0.2, 0.25) is 5.91 Å². The monoisotopic (exact) mass is 290 g/mol. The first-order valence-electron chi connectivity index (χ1n) is 6.76. The van der Waals surface area contributed by atoms with Crippen LogP contribution in [0.4, 0.5) is 0 Å². The summed E-state index contributed by atoms with van der Waals surface area (Å²) >= 11 is 0. The third kappa shape index (κ3) is 3.88. The summed E-state index contributed by atoms with van der Waals surface area (Å²) in [5.74, 6) is -0.372. The molecule has 0 bridgehead atoms. The zero-order valence-electron chi connectivity index (χ0n) is 11.0. The van der Waals surface area contributed by atoms with Crippen molar-refractivity contribution in [1.82, 2.24) is 14.3 Å². The second-order valence-electron chi connectivity index (χ2n) is 5.22. The molecule has 8 heteroatoms. The number of carbonyl (C=O) groups excluding carboxylic acids is 1. The van der Waals surface area contributed by atoms with E-state index in [4.69, 9.17) is 5.73 Å². The molecule has 0 radical (unpaired) electrons. The SMILES string of the molecule is NC(=O)C1CCC(NS(=O)(=O)N2CCNCC2)CC1. The Morgan fingerprint density at radius 2 is 1.74 bits per heavy atom. The van der Waals surface area contributed by atoms with Crippen LogP contribution >= 0.6 is 0 Å². The number of nitrogens with two attached hydrogens (primary N) is 1. The Kier molecular flexibility index (Phi) is 4.77. The molecular weight excluding hydrogens is 268 g/mol. The Balaban J connectivity index is 1.85. The van der Waals surface area contributed by atoms with Gasteiger partial charge in [-0.2, -0.15) is 17.4 Å². The quantitative estimate of drug-likeness (QED) is 0.603. The molecule has 7 nitrogen and oxygen atoms in total. The van der Waals surface area contributed by atoms with Crippen LogP contribution in [0.1, 0.15) is 25.7 Å². The van der Waals surface area contributed by atoms with Gasteiger partial charge in [-0.1, -0.05) is 0 Å². The smallest absolute Gasteiger partial charge is 0.279 e. The molecule has 0 spiro atoms. The van der Waals surface area contributed by atoms with Crippen molar-refractivity contribution in [3.05, 3.63) is 0 Å². The average Bonchev–Trinajstić information content (AvgIpc) is 2.40. The summed E-state index contributed by atoms with van der Waals surface area (Å²) in [5, 5.41) is 3.12. The van der Waals surface area contributed by atoms with Gasteiger partial charge in [-0.05, 0) is 25.7 Å². The molecule has 0 aromatic carbocycles. The molecule has 1 heterocycles. The molecule has 1 aliphatic carbocycles. The lowest BCUT2D eigenvalue weighted by molar-refractivity contribution is -0.122. The van der Waals surface area contributed by atoms with E-state index < -0.39 is 10.2 Å². The lowest BCUT2D eigenvalue weighted by Crippen LogP contribution is -2.53. The molecule has 0 atom stereocenters. The van der Waals surface area contributed by atoms with E-state index in [0.29, 0.717) is 51.9 Å². The minimum atomic E-state index is -3.39. The van der Waals surface area contributed by atoms with Crippen molar-refractivity contribution in [3.8, 4) is 0 Å². The minimum Gasteiger partial charge on any atom is -0.369 e. The van der Waals surface area contributed by atoms with E-state index in [2.05, 4.69) is 10.0 Å². The molecule has 2 fully saturated rings. The van der Waals surface area contributed by atoms with Gasteiger partial charge in [-0.15, -0.1) is 0 Å². The van der Waals surface area contributed by atoms with Crippen LogP contribution < -0.4 is 15.8 Å². The number of carbonyl (C=O) groups is 1. The lowest BCUT2D eigenvalue weighted by atomic mass is 9.86. The Hall–Kier alpha value is -0.700. The van der Waals surface area contributed by atoms with Crippen molar-refractivity contribution in [1.29, 1.82) is 0 Å². The van der Waals surface area contributed by atoms with Crippen molar-refractivity contribution in [2.45, 2.75) is 31.7 Å². The highest BCUT2D eigenvalue weighted by Crippen LogP contribution is 2.24. The summed E-state index contributed by atoms with van der Waals surface area (Å²) in [6.45, 7) is 2.39. The Morgan fingerprint density at radius 1 is 1.16 bits per heavy atom. The van der Waals surface area contributed by atoms with Crippen LogP contribution in [0.15, 0.2) is 0 Å². The fourth-order valence-electron chi connectivity index (χ4n) is 2.67. The number of nitrogens with one attached hydrogen (secondary N) is 2. The lowest BCUT2D eigenvalue weighted by Gasteiger charge is -2.31. The second kappa shape index (κ2) is 6.17. The molecule has 0 aromatic heterocycles. The first-order chi connectivity index (χ1) is 8.99. The molecule has 1 aliphatic heterocycles. The van der Waals surface area contributed by atoms with E-state index >= 15 is 0 Å². The van der Waals surface area contributed by atoms with Crippen molar-refractivity contribution in [2.24, 2.45) is 11.7 Å². The van der Waals surface area contributed by atoms with Gasteiger partial charge in [0.05, 0.1) is 0 Å². The molecule has 110 valence electrons. The first-order valence-corrected chi connectivity index (χ1v) is 8.20. The molecule has 2 aliphatic rings. The zero-order valence-corrected chi connectivity index (χ0v) is 11.8. The predicted molar refractivity (Wildman–Crippen MR) is 71.4 cm³/mol. The normalized spacial score (nSPS) is 30.1. The highest BCUT2D eigenvalue weighted by molar-refractivity contribution is 7.87. The van der Waals surface area contributed by atoms with Gasteiger partial charge in [-0.25, -0.2) is 0 Å². The summed E-state index contributed by atoms with van der Waals surface area (Å²) < 4.78 is 28.5. The van der Waals surface area contributed by atoms with Crippen molar-refractivity contribution in [3.63, 3.8) is 0 Å². The molecule has 0 unspecified atom stereocenters. The fraction of sp³-hybridized carbons (Fsp3) is 0.909. The summed E-state index contributed by atoms with van der Waals surface area (Å²) in [5.41, 5.74) is 5.26. The fourth-order valence-corrected chi connectivity index (χ4v) is 4.13. The number of hydrogen-bond donors (Lipinski definition) is 3. The number of primary amides is 1. The maximum Gasteiger partial charge on any atom is 0.279 e. The van der Waals surface area contributed by atoms with Gasteiger partial charge in [0.15, 0.2) is 0 Å². The van der Waals surface area contributed by atoms with Crippen molar-refractivity contribution in [2.75, 3.05) is 26.2 Å². The van der Waals surface area contributed by atoms with Crippen LogP contribution in [0.3, 0.4) is 0 Å². The maximum atomic E-state index is 12.2. The maximum absolute atomic E-state index is 12.2. The van der Waals surface area contributed by atoms with E-state index in [-0.39, 0.29) is 17.9 Å². The second-order valence-corrected chi connectivity index (χ2v) is 6.93. The van der Waals surface area contributed by atoms with Gasteiger partial charge in [0.1, 0.15) is 0 Å². The Morgan fingerprint density at radius 3 is 2.26 bits per heavy atom. The topological polar surface area (TPSA) is 105 Å². The number of amides is 1. The van der Waals surface area contributed by atoms with Gasteiger partial charge < -0.3 is 11.1 Å². The standard InChI is InChI=1S/C11H22N4O3S/c12-11(16)9-1-3-10(4-2-9)14-19(17,18)15-7-5-13-6-8-15/h9-10,13-14H,1-8H2,(H2,12,16). The summed E-state index contributed by atoms with van der Waals surface area (Å²) in [4.78, 5) is 11.1. The Bertz CT molecular complexity index is 412. The molecule has 1 saturated heterocycles. The van der Waals surface area contributed by atoms with E-state index in [1.807, 2.05) is 0 Å². The van der Waals surface area contributed by atoms with Crippen molar-refractivity contribution >= 4 is 16.1 Å². The van der Waals surface area contributed by atoms with Crippen LogP contribution in [0, 0.1) is 5.92 Å². The third-order valence-corrected chi connectivity index (χ3v) is 5.54. The van der Waals surface area contributed by atoms with Crippen LogP contribution in [-0.2, 0) is 15.0 Å². The molecule has 2 rings (SSSR count). The summed E-state index contributed by atoms with van der Waals surface area (Å²) in [6.07, 6.45) is 2.70. The summed E-state index contributed by atoms with van der Waals surface area (Å²) in [7, 11) is -3.39. The summed E-state index contributed by atoms with van der Waals surface area (Å²) in [6, 6.07) is -0.0736. The highest BCUT2D eigenvalue weighted by atomic mass is 32.2. The van der Waals surface area contributed by atoms with Crippen LogP contribution in [0.2, 0.25) is 0 Å². The first kappa shape index (κ1) is 14.7. The number of nitrogens with zero attached hydrogens (tertiary/aromatic N) is 1. The van der Waals surface area contributed by atoms with Gasteiger partial charge in [-0.3, -0.25) is 4.79 Å². The van der Waals surface area contributed by atoms with E-state index in [1.54, 1.807) is 0 Å².